The van der Waals surface area contributed by atoms with Crippen molar-refractivity contribution >= 4 is 5.91 Å². The summed E-state index contributed by atoms with van der Waals surface area (Å²) < 4.78 is 0. The Morgan fingerprint density at radius 2 is 2.43 bits per heavy atom. The van der Waals surface area contributed by atoms with Crippen molar-refractivity contribution in [2.75, 3.05) is 20.6 Å². The van der Waals surface area contributed by atoms with Gasteiger partial charge in [-0.2, -0.15) is 5.10 Å². The average molecular weight is 197 g/mol. The number of aromatic nitrogens is 3. The third-order valence-corrected chi connectivity index (χ3v) is 1.65. The topological polar surface area (TPSA) is 73.9 Å². The van der Waals surface area contributed by atoms with Crippen LogP contribution >= 0.6 is 0 Å². The zero-order valence-electron chi connectivity index (χ0n) is 8.61. The van der Waals surface area contributed by atoms with E-state index < -0.39 is 0 Å². The Hall–Kier alpha value is -1.43. The first-order valence-corrected chi connectivity index (χ1v) is 4.40. The number of carbonyl (C=O) groups excluding carboxylic acids is 1. The molecule has 0 aromatic carbocycles. The molecule has 0 spiro atoms. The Morgan fingerprint density at radius 1 is 1.71 bits per heavy atom. The van der Waals surface area contributed by atoms with E-state index in [1.54, 1.807) is 0 Å². The molecule has 6 nitrogen and oxygen atoms in total. The van der Waals surface area contributed by atoms with Gasteiger partial charge in [-0.1, -0.05) is 0 Å². The third-order valence-electron chi connectivity index (χ3n) is 1.65. The summed E-state index contributed by atoms with van der Waals surface area (Å²) in [5, 5.41) is 8.91. The minimum absolute atomic E-state index is 0.0857. The highest BCUT2D eigenvalue weighted by molar-refractivity contribution is 5.90. The molecular weight excluding hydrogens is 182 g/mol. The normalized spacial score (nSPS) is 12.9. The quantitative estimate of drug-likeness (QED) is 0.681. The van der Waals surface area contributed by atoms with E-state index in [0.29, 0.717) is 0 Å². The third kappa shape index (κ3) is 3.14. The van der Waals surface area contributed by atoms with E-state index in [0.717, 1.165) is 6.54 Å². The van der Waals surface area contributed by atoms with Crippen molar-refractivity contribution in [3.63, 3.8) is 0 Å². The second-order valence-electron chi connectivity index (χ2n) is 3.47. The van der Waals surface area contributed by atoms with Gasteiger partial charge in [0.05, 0.1) is 0 Å². The Bertz CT molecular complexity index is 282. The fourth-order valence-electron chi connectivity index (χ4n) is 1.20. The van der Waals surface area contributed by atoms with Crippen molar-refractivity contribution in [2.45, 2.75) is 13.0 Å². The van der Waals surface area contributed by atoms with Crippen molar-refractivity contribution in [3.8, 4) is 0 Å². The summed E-state index contributed by atoms with van der Waals surface area (Å²) in [4.78, 5) is 17.2. The molecule has 2 N–H and O–H groups in total. The molecule has 0 radical (unpaired) electrons. The Balaban J connectivity index is 2.41. The molecule has 1 amide bonds. The lowest BCUT2D eigenvalue weighted by Crippen LogP contribution is -2.39. The van der Waals surface area contributed by atoms with Gasteiger partial charge in [0.1, 0.15) is 6.33 Å². The van der Waals surface area contributed by atoms with Crippen molar-refractivity contribution < 1.29 is 4.79 Å². The van der Waals surface area contributed by atoms with Gasteiger partial charge in [0.25, 0.3) is 5.91 Å². The Labute approximate surface area is 82.7 Å². The molecule has 6 heteroatoms. The summed E-state index contributed by atoms with van der Waals surface area (Å²) in [6.07, 6.45) is 1.31. The molecule has 1 aromatic heterocycles. The van der Waals surface area contributed by atoms with Crippen LogP contribution in [0.2, 0.25) is 0 Å². The summed E-state index contributed by atoms with van der Waals surface area (Å²) in [5.41, 5.74) is 0. The van der Waals surface area contributed by atoms with E-state index >= 15 is 0 Å². The maximum atomic E-state index is 11.4. The zero-order chi connectivity index (χ0) is 10.6. The summed E-state index contributed by atoms with van der Waals surface area (Å²) >= 11 is 0. The molecule has 1 atom stereocenters. The number of aromatic amines is 1. The van der Waals surface area contributed by atoms with Crippen LogP contribution in [0.15, 0.2) is 6.33 Å². The minimum Gasteiger partial charge on any atom is -0.346 e. The van der Waals surface area contributed by atoms with Gasteiger partial charge in [0.2, 0.25) is 5.82 Å². The van der Waals surface area contributed by atoms with Gasteiger partial charge in [-0.15, -0.1) is 0 Å². The van der Waals surface area contributed by atoms with Gasteiger partial charge in [-0.05, 0) is 21.0 Å². The standard InChI is InChI=1S/C8H15N5O/c1-6(4-13(2)3)11-8(14)7-9-5-10-12-7/h5-6H,4H2,1-3H3,(H,11,14)(H,9,10,12). The SMILES string of the molecule is CC(CN(C)C)NC(=O)c1ncn[nH]1. The second-order valence-corrected chi connectivity index (χ2v) is 3.47. The maximum absolute atomic E-state index is 11.4. The van der Waals surface area contributed by atoms with E-state index in [9.17, 15) is 4.79 Å². The highest BCUT2D eigenvalue weighted by Gasteiger charge is 2.12. The van der Waals surface area contributed by atoms with Crippen molar-refractivity contribution in [3.05, 3.63) is 12.2 Å². The van der Waals surface area contributed by atoms with Gasteiger partial charge in [0.15, 0.2) is 0 Å². The van der Waals surface area contributed by atoms with Gasteiger partial charge in [-0.3, -0.25) is 9.89 Å². The molecule has 0 aliphatic rings. The molecule has 78 valence electrons. The van der Waals surface area contributed by atoms with E-state index in [-0.39, 0.29) is 17.8 Å². The predicted molar refractivity (Wildman–Crippen MR) is 51.9 cm³/mol. The minimum atomic E-state index is -0.225. The van der Waals surface area contributed by atoms with Crippen molar-refractivity contribution in [1.29, 1.82) is 0 Å². The van der Waals surface area contributed by atoms with Gasteiger partial charge in [0, 0.05) is 12.6 Å². The molecule has 1 heterocycles. The van der Waals surface area contributed by atoms with Crippen LogP contribution in [0.25, 0.3) is 0 Å². The molecule has 0 aliphatic heterocycles. The number of hydrogen-bond acceptors (Lipinski definition) is 4. The number of nitrogens with zero attached hydrogens (tertiary/aromatic N) is 3. The molecule has 1 rings (SSSR count). The molecule has 0 saturated heterocycles. The molecule has 14 heavy (non-hydrogen) atoms. The van der Waals surface area contributed by atoms with Crippen LogP contribution in [0.1, 0.15) is 17.5 Å². The Morgan fingerprint density at radius 3 is 2.93 bits per heavy atom. The van der Waals surface area contributed by atoms with Crippen LogP contribution in [0.5, 0.6) is 0 Å². The highest BCUT2D eigenvalue weighted by Crippen LogP contribution is 1.89. The number of hydrogen-bond donors (Lipinski definition) is 2. The number of H-pyrrole nitrogens is 1. The molecular formula is C8H15N5O. The first kappa shape index (κ1) is 10.6. The van der Waals surface area contributed by atoms with E-state index in [2.05, 4.69) is 20.5 Å². The lowest BCUT2D eigenvalue weighted by atomic mass is 10.3. The first-order chi connectivity index (χ1) is 6.59. The van der Waals surface area contributed by atoms with Crippen LogP contribution in [-0.4, -0.2) is 52.7 Å². The molecule has 0 saturated carbocycles. The molecule has 1 aromatic rings. The summed E-state index contributed by atoms with van der Waals surface area (Å²) in [5.74, 6) is 0.0208. The number of amides is 1. The lowest BCUT2D eigenvalue weighted by molar-refractivity contribution is 0.0924. The molecule has 0 bridgehead atoms. The summed E-state index contributed by atoms with van der Waals surface area (Å²) in [6.45, 7) is 2.73. The second kappa shape index (κ2) is 4.71. The zero-order valence-corrected chi connectivity index (χ0v) is 8.61. The molecule has 0 aliphatic carbocycles. The fraction of sp³-hybridized carbons (Fsp3) is 0.625. The Kier molecular flexibility index (Phi) is 3.58. The number of likely N-dealkylation sites (N-methyl/N-ethyl adjacent to an activating group) is 1. The van der Waals surface area contributed by atoms with Gasteiger partial charge in [-0.25, -0.2) is 4.98 Å². The summed E-state index contributed by atoms with van der Waals surface area (Å²) in [7, 11) is 3.91. The largest absolute Gasteiger partial charge is 0.346 e. The summed E-state index contributed by atoms with van der Waals surface area (Å²) in [6, 6.07) is 0.0857. The van der Waals surface area contributed by atoms with E-state index in [1.165, 1.54) is 6.33 Å². The highest BCUT2D eigenvalue weighted by atomic mass is 16.2. The number of rotatable bonds is 4. The van der Waals surface area contributed by atoms with E-state index in [4.69, 9.17) is 0 Å². The smallest absolute Gasteiger partial charge is 0.288 e. The van der Waals surface area contributed by atoms with Crippen molar-refractivity contribution in [2.24, 2.45) is 0 Å². The first-order valence-electron chi connectivity index (χ1n) is 4.40. The van der Waals surface area contributed by atoms with Crippen molar-refractivity contribution in [1.82, 2.24) is 25.4 Å². The predicted octanol–water partition coefficient (Wildman–Crippen LogP) is -0.515. The lowest BCUT2D eigenvalue weighted by Gasteiger charge is -2.17. The number of carbonyl (C=O) groups is 1. The molecule has 0 fully saturated rings. The van der Waals surface area contributed by atoms with Crippen LogP contribution in [0.4, 0.5) is 0 Å². The van der Waals surface area contributed by atoms with Gasteiger partial charge >= 0.3 is 0 Å². The van der Waals surface area contributed by atoms with E-state index in [1.807, 2.05) is 25.9 Å². The van der Waals surface area contributed by atoms with Gasteiger partial charge < -0.3 is 10.2 Å². The van der Waals surface area contributed by atoms with Crippen LogP contribution in [0.3, 0.4) is 0 Å². The van der Waals surface area contributed by atoms with Crippen LogP contribution in [0, 0.1) is 0 Å². The average Bonchev–Trinajstić information content (AvgIpc) is 2.53. The number of nitrogens with one attached hydrogen (secondary N) is 2. The monoisotopic (exact) mass is 197 g/mol. The van der Waals surface area contributed by atoms with Crippen LogP contribution < -0.4 is 5.32 Å². The maximum Gasteiger partial charge on any atom is 0.288 e. The molecule has 1 unspecified atom stereocenters. The fourth-order valence-corrected chi connectivity index (χ4v) is 1.20. The van der Waals surface area contributed by atoms with Crippen LogP contribution in [-0.2, 0) is 0 Å².